The summed E-state index contributed by atoms with van der Waals surface area (Å²) in [5.41, 5.74) is 0.109. The Kier molecular flexibility index (Phi) is 3.24. The molecule has 0 unspecified atom stereocenters. The molecule has 5 nitrogen and oxygen atoms in total. The molecule has 1 aromatic rings. The van der Waals surface area contributed by atoms with Crippen LogP contribution in [0.3, 0.4) is 0 Å². The monoisotopic (exact) mass is 205 g/mol. The molecule has 0 fully saturated rings. The molecule has 0 aliphatic carbocycles. The van der Waals surface area contributed by atoms with Gasteiger partial charge in [-0.05, 0) is 19.9 Å². The standard InChI is InChI=1S/C10H10N2O3/c1-3-15-10(14)7-4-6(2)12-9(13)8(7)5-11/h4H,3H2,1-2H3,(H,12,13)/p-1. The highest BCUT2D eigenvalue weighted by molar-refractivity contribution is 5.92. The molecule has 0 saturated carbocycles. The Morgan fingerprint density at radius 2 is 2.40 bits per heavy atom. The van der Waals surface area contributed by atoms with Crippen LogP contribution in [0.4, 0.5) is 0 Å². The average Bonchev–Trinajstić information content (AvgIpc) is 2.17. The summed E-state index contributed by atoms with van der Waals surface area (Å²) in [6, 6.07) is 3.03. The third kappa shape index (κ3) is 2.23. The summed E-state index contributed by atoms with van der Waals surface area (Å²) < 4.78 is 4.72. The van der Waals surface area contributed by atoms with Gasteiger partial charge in [0.15, 0.2) is 0 Å². The number of carbonyl (C=O) groups is 1. The van der Waals surface area contributed by atoms with E-state index < -0.39 is 11.8 Å². The van der Waals surface area contributed by atoms with E-state index >= 15 is 0 Å². The quantitative estimate of drug-likeness (QED) is 0.656. The number of aromatic nitrogens is 1. The van der Waals surface area contributed by atoms with Crippen LogP contribution in [0.5, 0.6) is 5.88 Å². The van der Waals surface area contributed by atoms with Crippen molar-refractivity contribution in [3.8, 4) is 11.9 Å². The van der Waals surface area contributed by atoms with Crippen molar-refractivity contribution in [2.45, 2.75) is 13.8 Å². The summed E-state index contributed by atoms with van der Waals surface area (Å²) in [6.07, 6.45) is 0. The topological polar surface area (TPSA) is 86.0 Å². The van der Waals surface area contributed by atoms with E-state index in [1.54, 1.807) is 19.9 Å². The summed E-state index contributed by atoms with van der Waals surface area (Å²) in [5, 5.41) is 20.0. The zero-order chi connectivity index (χ0) is 11.4. The van der Waals surface area contributed by atoms with E-state index in [9.17, 15) is 9.90 Å². The summed E-state index contributed by atoms with van der Waals surface area (Å²) in [5.74, 6) is -1.36. The first-order valence-electron chi connectivity index (χ1n) is 4.36. The van der Waals surface area contributed by atoms with Gasteiger partial charge in [0.2, 0.25) is 0 Å². The first-order valence-corrected chi connectivity index (χ1v) is 4.36. The number of hydrogen-bond acceptors (Lipinski definition) is 5. The molecule has 0 amide bonds. The van der Waals surface area contributed by atoms with Gasteiger partial charge in [0, 0.05) is 11.6 Å². The maximum atomic E-state index is 11.4. The van der Waals surface area contributed by atoms with E-state index in [0.29, 0.717) is 5.69 Å². The van der Waals surface area contributed by atoms with Gasteiger partial charge in [-0.2, -0.15) is 5.26 Å². The predicted octanol–water partition coefficient (Wildman–Crippen LogP) is 0.512. The summed E-state index contributed by atoms with van der Waals surface area (Å²) in [4.78, 5) is 15.0. The van der Waals surface area contributed by atoms with E-state index in [-0.39, 0.29) is 17.7 Å². The Balaban J connectivity index is 3.28. The summed E-state index contributed by atoms with van der Waals surface area (Å²) in [6.45, 7) is 3.42. The molecule has 0 aliphatic heterocycles. The molecular weight excluding hydrogens is 196 g/mol. The number of rotatable bonds is 2. The van der Waals surface area contributed by atoms with Crippen molar-refractivity contribution < 1.29 is 14.6 Å². The Bertz CT molecular complexity index is 435. The molecule has 1 heterocycles. The lowest BCUT2D eigenvalue weighted by Crippen LogP contribution is -2.11. The van der Waals surface area contributed by atoms with Crippen molar-refractivity contribution in [2.24, 2.45) is 0 Å². The Morgan fingerprint density at radius 3 is 2.93 bits per heavy atom. The van der Waals surface area contributed by atoms with Gasteiger partial charge in [-0.25, -0.2) is 4.79 Å². The molecule has 0 aliphatic rings. The minimum Gasteiger partial charge on any atom is -0.858 e. The molecule has 0 saturated heterocycles. The lowest BCUT2D eigenvalue weighted by Gasteiger charge is -2.11. The number of nitrogens with zero attached hydrogens (tertiary/aromatic N) is 2. The fourth-order valence-electron chi connectivity index (χ4n) is 1.12. The third-order valence-electron chi connectivity index (χ3n) is 1.72. The van der Waals surface area contributed by atoms with Gasteiger partial charge in [-0.15, -0.1) is 0 Å². The van der Waals surface area contributed by atoms with Crippen LogP contribution >= 0.6 is 0 Å². The van der Waals surface area contributed by atoms with E-state index in [4.69, 9.17) is 10.00 Å². The van der Waals surface area contributed by atoms with Gasteiger partial charge < -0.3 is 9.84 Å². The maximum absolute atomic E-state index is 11.4. The molecule has 0 N–H and O–H groups in total. The molecule has 0 aromatic carbocycles. The van der Waals surface area contributed by atoms with Crippen LogP contribution in [0.2, 0.25) is 0 Å². The fourth-order valence-corrected chi connectivity index (χ4v) is 1.12. The highest BCUT2D eigenvalue weighted by Crippen LogP contribution is 2.17. The van der Waals surface area contributed by atoms with Crippen LogP contribution in [0.15, 0.2) is 6.07 Å². The molecule has 15 heavy (non-hydrogen) atoms. The van der Waals surface area contributed by atoms with Gasteiger partial charge in [-0.1, -0.05) is 0 Å². The predicted molar refractivity (Wildman–Crippen MR) is 49.1 cm³/mol. The van der Waals surface area contributed by atoms with Crippen LogP contribution in [0.25, 0.3) is 0 Å². The molecular formula is C10H9N2O3-. The minimum absolute atomic E-state index is 0.0168. The zero-order valence-electron chi connectivity index (χ0n) is 8.40. The molecule has 0 atom stereocenters. The van der Waals surface area contributed by atoms with Gasteiger partial charge in [0.25, 0.3) is 0 Å². The average molecular weight is 205 g/mol. The highest BCUT2D eigenvalue weighted by atomic mass is 16.5. The number of pyridine rings is 1. The number of hydrogen-bond donors (Lipinski definition) is 0. The third-order valence-corrected chi connectivity index (χ3v) is 1.72. The second-order valence-corrected chi connectivity index (χ2v) is 2.82. The van der Waals surface area contributed by atoms with Gasteiger partial charge in [0.1, 0.15) is 6.07 Å². The normalized spacial score (nSPS) is 9.40. The molecule has 0 bridgehead atoms. The van der Waals surface area contributed by atoms with Crippen LogP contribution in [-0.2, 0) is 4.74 Å². The van der Waals surface area contributed by atoms with Crippen molar-refractivity contribution in [3.05, 3.63) is 22.9 Å². The Hall–Kier alpha value is -2.09. The van der Waals surface area contributed by atoms with Gasteiger partial charge >= 0.3 is 5.97 Å². The summed E-state index contributed by atoms with van der Waals surface area (Å²) >= 11 is 0. The second kappa shape index (κ2) is 4.42. The van der Waals surface area contributed by atoms with E-state index in [1.807, 2.05) is 0 Å². The molecule has 0 spiro atoms. The van der Waals surface area contributed by atoms with E-state index in [1.165, 1.54) is 6.07 Å². The Morgan fingerprint density at radius 1 is 1.73 bits per heavy atom. The largest absolute Gasteiger partial charge is 0.858 e. The first kappa shape index (κ1) is 11.0. The second-order valence-electron chi connectivity index (χ2n) is 2.82. The van der Waals surface area contributed by atoms with Gasteiger partial charge in [0.05, 0.1) is 17.7 Å². The zero-order valence-corrected chi connectivity index (χ0v) is 8.40. The lowest BCUT2D eigenvalue weighted by atomic mass is 10.1. The lowest BCUT2D eigenvalue weighted by molar-refractivity contribution is -0.275. The number of aryl methyl sites for hydroxylation is 1. The number of ether oxygens (including phenoxy) is 1. The number of esters is 1. The van der Waals surface area contributed by atoms with Crippen molar-refractivity contribution in [3.63, 3.8) is 0 Å². The highest BCUT2D eigenvalue weighted by Gasteiger charge is 2.14. The molecule has 1 rings (SSSR count). The SMILES string of the molecule is CCOC(=O)c1cc(C)nc([O-])c1C#N. The van der Waals surface area contributed by atoms with E-state index in [2.05, 4.69) is 4.98 Å². The molecule has 78 valence electrons. The van der Waals surface area contributed by atoms with Crippen molar-refractivity contribution >= 4 is 5.97 Å². The van der Waals surface area contributed by atoms with Crippen LogP contribution < -0.4 is 5.11 Å². The van der Waals surface area contributed by atoms with Crippen LogP contribution in [0, 0.1) is 18.3 Å². The first-order chi connectivity index (χ1) is 7.10. The van der Waals surface area contributed by atoms with E-state index in [0.717, 1.165) is 0 Å². The molecule has 0 radical (unpaired) electrons. The van der Waals surface area contributed by atoms with Crippen LogP contribution in [-0.4, -0.2) is 17.6 Å². The minimum atomic E-state index is -0.694. The fraction of sp³-hybridized carbons (Fsp3) is 0.300. The van der Waals surface area contributed by atoms with Crippen LogP contribution in [0.1, 0.15) is 28.5 Å². The number of carbonyl (C=O) groups excluding carboxylic acids is 1. The Labute approximate surface area is 86.9 Å². The number of nitriles is 1. The van der Waals surface area contributed by atoms with Crippen molar-refractivity contribution in [1.82, 2.24) is 4.98 Å². The van der Waals surface area contributed by atoms with Crippen molar-refractivity contribution in [2.75, 3.05) is 6.61 Å². The van der Waals surface area contributed by atoms with Gasteiger partial charge in [-0.3, -0.25) is 4.98 Å². The smallest absolute Gasteiger partial charge is 0.339 e. The van der Waals surface area contributed by atoms with Crippen molar-refractivity contribution in [1.29, 1.82) is 5.26 Å². The molecule has 5 heteroatoms. The molecule has 1 aromatic heterocycles. The maximum Gasteiger partial charge on any atom is 0.339 e. The summed E-state index contributed by atoms with van der Waals surface area (Å²) in [7, 11) is 0.